The minimum atomic E-state index is -0.673. The summed E-state index contributed by atoms with van der Waals surface area (Å²) in [6.07, 6.45) is 7.03. The van der Waals surface area contributed by atoms with Gasteiger partial charge in [0, 0.05) is 47.2 Å². The van der Waals surface area contributed by atoms with Crippen molar-refractivity contribution in [2.24, 2.45) is 5.92 Å². The zero-order valence-corrected chi connectivity index (χ0v) is 27.8. The molecule has 1 amide bonds. The summed E-state index contributed by atoms with van der Waals surface area (Å²) >= 11 is 5.88. The van der Waals surface area contributed by atoms with E-state index in [9.17, 15) is 9.18 Å². The van der Waals surface area contributed by atoms with Crippen LogP contribution in [0.5, 0.6) is 5.88 Å². The van der Waals surface area contributed by atoms with Crippen molar-refractivity contribution < 1.29 is 23.4 Å². The van der Waals surface area contributed by atoms with Gasteiger partial charge in [-0.25, -0.2) is 14.4 Å². The van der Waals surface area contributed by atoms with Crippen molar-refractivity contribution in [3.05, 3.63) is 82.5 Å². The Morgan fingerprint density at radius 2 is 1.90 bits per heavy atom. The van der Waals surface area contributed by atoms with E-state index in [-0.39, 0.29) is 24.4 Å². The fourth-order valence-electron chi connectivity index (χ4n) is 7.46. The van der Waals surface area contributed by atoms with Gasteiger partial charge in [0.1, 0.15) is 23.8 Å². The van der Waals surface area contributed by atoms with E-state index in [1.807, 2.05) is 24.3 Å². The number of carbonyl (C=O) groups excluding carboxylic acids is 1. The van der Waals surface area contributed by atoms with Gasteiger partial charge in [-0.3, -0.25) is 9.69 Å². The molecule has 3 saturated heterocycles. The van der Waals surface area contributed by atoms with Crippen LogP contribution < -0.4 is 10.1 Å². The highest BCUT2D eigenvalue weighted by molar-refractivity contribution is 6.30. The molecular weight excluding hydrogens is 633 g/mol. The van der Waals surface area contributed by atoms with E-state index in [4.69, 9.17) is 35.8 Å². The normalized spacial score (nSPS) is 23.3. The van der Waals surface area contributed by atoms with Gasteiger partial charge in [0.15, 0.2) is 0 Å². The lowest BCUT2D eigenvalue weighted by molar-refractivity contribution is -0.138. The Kier molecular flexibility index (Phi) is 8.83. The lowest BCUT2D eigenvalue weighted by atomic mass is 9.93. The Balaban J connectivity index is 0.929. The summed E-state index contributed by atoms with van der Waals surface area (Å²) in [5.41, 5.74) is 3.46. The van der Waals surface area contributed by atoms with Crippen LogP contribution in [-0.2, 0) is 34.0 Å². The maximum atomic E-state index is 14.2. The van der Waals surface area contributed by atoms with Crippen LogP contribution in [-0.4, -0.2) is 63.4 Å². The number of piperidine rings is 1. The van der Waals surface area contributed by atoms with Gasteiger partial charge in [0.2, 0.25) is 5.88 Å². The first-order chi connectivity index (χ1) is 23.4. The summed E-state index contributed by atoms with van der Waals surface area (Å²) in [6.45, 7) is 4.89. The molecule has 2 atom stereocenters. The molecule has 0 spiro atoms. The number of nitrogens with zero attached hydrogens (tertiary/aromatic N) is 4. The Bertz CT molecular complexity index is 1790. The first kappa shape index (κ1) is 31.7. The number of carbonyl (C=O) groups is 1. The zero-order valence-electron chi connectivity index (χ0n) is 27.0. The topological polar surface area (TPSA) is 90.7 Å². The molecule has 1 saturated carbocycles. The van der Waals surface area contributed by atoms with Gasteiger partial charge < -0.3 is 24.1 Å². The summed E-state index contributed by atoms with van der Waals surface area (Å²) in [4.78, 5) is 25.8. The Hall–Kier alpha value is -3.57. The summed E-state index contributed by atoms with van der Waals surface area (Å²) in [5, 5.41) is 3.53. The molecule has 4 aliphatic rings. The van der Waals surface area contributed by atoms with Gasteiger partial charge in [-0.1, -0.05) is 23.7 Å². The van der Waals surface area contributed by atoms with Crippen LogP contribution in [0.15, 0.2) is 54.6 Å². The molecule has 48 heavy (non-hydrogen) atoms. The standard InChI is InChI=1S/C37H41ClFN5O4/c38-27-8-5-25(30(39)19-27)23-47-35-4-1-3-31(42-35)24-11-15-43(16-12-24)22-34-41-32-20-28(9-10-33(32)44(34)21-29-13-18-46-29)40-36(45)37(26-6-7-26)14-2-17-48-37/h1,3-5,8-10,19-20,24,26,29H,2,6-7,11-18,21-23H2,(H,40,45). The number of aromatic nitrogens is 3. The zero-order chi connectivity index (χ0) is 32.7. The third kappa shape index (κ3) is 6.55. The van der Waals surface area contributed by atoms with Gasteiger partial charge in [-0.15, -0.1) is 0 Å². The fraction of sp³-hybridized carbons (Fsp3) is 0.486. The monoisotopic (exact) mass is 673 g/mol. The number of imidazole rings is 1. The van der Waals surface area contributed by atoms with Gasteiger partial charge in [-0.2, -0.15) is 0 Å². The average Bonchev–Trinajstić information content (AvgIpc) is 3.71. The molecule has 0 bridgehead atoms. The second-order valence-corrected chi connectivity index (χ2v) is 14.1. The summed E-state index contributed by atoms with van der Waals surface area (Å²) in [6, 6.07) is 16.5. The van der Waals surface area contributed by atoms with Crippen molar-refractivity contribution in [3.63, 3.8) is 0 Å². The van der Waals surface area contributed by atoms with Crippen LogP contribution in [0.4, 0.5) is 10.1 Å². The lowest BCUT2D eigenvalue weighted by Gasteiger charge is -2.32. The first-order valence-corrected chi connectivity index (χ1v) is 17.6. The maximum Gasteiger partial charge on any atom is 0.256 e. The Morgan fingerprint density at radius 1 is 1.04 bits per heavy atom. The molecule has 252 valence electrons. The second-order valence-electron chi connectivity index (χ2n) is 13.7. The number of anilines is 1. The number of likely N-dealkylation sites (tertiary alicyclic amines) is 1. The van der Waals surface area contributed by atoms with E-state index in [0.29, 0.717) is 34.9 Å². The van der Waals surface area contributed by atoms with Gasteiger partial charge >= 0.3 is 0 Å². The van der Waals surface area contributed by atoms with Crippen molar-refractivity contribution in [2.75, 3.05) is 31.6 Å². The Labute approximate surface area is 284 Å². The molecule has 1 aliphatic carbocycles. The third-order valence-electron chi connectivity index (χ3n) is 10.4. The van der Waals surface area contributed by atoms with Crippen LogP contribution in [0.2, 0.25) is 5.02 Å². The van der Waals surface area contributed by atoms with Crippen molar-refractivity contribution in [2.45, 2.75) is 82.3 Å². The minimum absolute atomic E-state index is 0.0192. The van der Waals surface area contributed by atoms with Crippen molar-refractivity contribution in [1.82, 2.24) is 19.4 Å². The predicted octanol–water partition coefficient (Wildman–Crippen LogP) is 6.87. The molecule has 9 nitrogen and oxygen atoms in total. The molecule has 3 aliphatic heterocycles. The van der Waals surface area contributed by atoms with Crippen LogP contribution in [0.1, 0.15) is 67.9 Å². The maximum absolute atomic E-state index is 14.2. The number of nitrogens with one attached hydrogen (secondary N) is 1. The molecule has 2 aromatic carbocycles. The number of ether oxygens (including phenoxy) is 3. The molecule has 11 heteroatoms. The minimum Gasteiger partial charge on any atom is -0.473 e. The van der Waals surface area contributed by atoms with Crippen molar-refractivity contribution in [3.8, 4) is 5.88 Å². The number of fused-ring (bicyclic) bond motifs is 1. The number of rotatable bonds is 11. The smallest absolute Gasteiger partial charge is 0.256 e. The number of halogens is 2. The number of hydrogen-bond acceptors (Lipinski definition) is 7. The highest BCUT2D eigenvalue weighted by Crippen LogP contribution is 2.47. The highest BCUT2D eigenvalue weighted by atomic mass is 35.5. The molecule has 8 rings (SSSR count). The van der Waals surface area contributed by atoms with Gasteiger partial charge in [0.25, 0.3) is 5.91 Å². The van der Waals surface area contributed by atoms with Crippen LogP contribution in [0.3, 0.4) is 0 Å². The third-order valence-corrected chi connectivity index (χ3v) is 10.7. The van der Waals surface area contributed by atoms with E-state index in [1.165, 1.54) is 6.07 Å². The summed E-state index contributed by atoms with van der Waals surface area (Å²) < 4.78 is 34.2. The SMILES string of the molecule is O=C(Nc1ccc2c(c1)nc(CN1CCC(c3cccc(OCc4ccc(Cl)cc4F)n3)CC1)n2CC1CCO1)C1(C2CC2)CCCO1. The fourth-order valence-corrected chi connectivity index (χ4v) is 7.62. The first-order valence-electron chi connectivity index (χ1n) is 17.3. The van der Waals surface area contributed by atoms with Crippen LogP contribution in [0.25, 0.3) is 11.0 Å². The van der Waals surface area contributed by atoms with E-state index >= 15 is 0 Å². The summed E-state index contributed by atoms with van der Waals surface area (Å²) in [7, 11) is 0. The molecule has 4 aromatic rings. The second kappa shape index (κ2) is 13.4. The van der Waals surface area contributed by atoms with E-state index in [0.717, 1.165) is 106 Å². The molecule has 2 aromatic heterocycles. The number of pyridine rings is 1. The van der Waals surface area contributed by atoms with E-state index in [1.54, 1.807) is 12.1 Å². The lowest BCUT2D eigenvalue weighted by Crippen LogP contribution is -2.44. The quantitative estimate of drug-likeness (QED) is 0.186. The Morgan fingerprint density at radius 3 is 2.62 bits per heavy atom. The van der Waals surface area contributed by atoms with Gasteiger partial charge in [0.05, 0.1) is 30.2 Å². The molecule has 4 fully saturated rings. The highest BCUT2D eigenvalue weighted by Gasteiger charge is 2.53. The van der Waals surface area contributed by atoms with Gasteiger partial charge in [-0.05, 0) is 100 Å². The molecular formula is C37H41ClFN5O4. The number of hydrogen-bond donors (Lipinski definition) is 1. The van der Waals surface area contributed by atoms with Crippen LogP contribution in [0, 0.1) is 11.7 Å². The average molecular weight is 674 g/mol. The van der Waals surface area contributed by atoms with Crippen molar-refractivity contribution >= 4 is 34.2 Å². The largest absolute Gasteiger partial charge is 0.473 e. The van der Waals surface area contributed by atoms with E-state index in [2.05, 4.69) is 26.9 Å². The summed E-state index contributed by atoms with van der Waals surface area (Å²) in [5.74, 6) is 1.75. The van der Waals surface area contributed by atoms with Crippen molar-refractivity contribution in [1.29, 1.82) is 0 Å². The molecule has 0 radical (unpaired) electrons. The molecule has 2 unspecified atom stereocenters. The van der Waals surface area contributed by atoms with E-state index < -0.39 is 5.60 Å². The molecule has 5 heterocycles. The van der Waals surface area contributed by atoms with Crippen LogP contribution >= 0.6 is 11.6 Å². The number of amides is 1. The number of benzene rings is 2. The predicted molar refractivity (Wildman–Crippen MR) is 181 cm³/mol. The molecule has 1 N–H and O–H groups in total.